The van der Waals surface area contributed by atoms with Crippen molar-refractivity contribution in [3.05, 3.63) is 46.6 Å². The number of carboxylic acid groups (broad SMARTS) is 1. The van der Waals surface area contributed by atoms with Crippen LogP contribution >= 0.6 is 11.8 Å². The number of rotatable bonds is 2. The van der Waals surface area contributed by atoms with E-state index in [1.807, 2.05) is 6.92 Å². The third-order valence-electron chi connectivity index (χ3n) is 3.63. The van der Waals surface area contributed by atoms with Gasteiger partial charge in [-0.15, -0.1) is 11.8 Å². The van der Waals surface area contributed by atoms with E-state index in [4.69, 9.17) is 5.11 Å². The number of carboxylic acids is 1. The summed E-state index contributed by atoms with van der Waals surface area (Å²) in [7, 11) is 1.80. The number of aromatic nitrogens is 2. The van der Waals surface area contributed by atoms with Gasteiger partial charge in [-0.3, -0.25) is 9.48 Å². The van der Waals surface area contributed by atoms with E-state index in [1.54, 1.807) is 36.0 Å². The molecule has 2 N–H and O–H groups in total. The zero-order valence-electron chi connectivity index (χ0n) is 12.2. The minimum Gasteiger partial charge on any atom is -0.478 e. The Kier molecular flexibility index (Phi) is 3.66. The van der Waals surface area contributed by atoms with Gasteiger partial charge in [0.25, 0.3) is 0 Å². The fraction of sp³-hybridized carbons (Fsp3) is 0.267. The molecule has 7 heteroatoms. The first-order valence-electron chi connectivity index (χ1n) is 6.75. The first kappa shape index (κ1) is 14.6. The van der Waals surface area contributed by atoms with Gasteiger partial charge in [0.1, 0.15) is 5.82 Å². The number of fused-ring (bicyclic) bond motifs is 1. The molecule has 0 bridgehead atoms. The van der Waals surface area contributed by atoms with Gasteiger partial charge >= 0.3 is 5.97 Å². The lowest BCUT2D eigenvalue weighted by Gasteiger charge is -2.15. The molecule has 0 saturated carbocycles. The van der Waals surface area contributed by atoms with Gasteiger partial charge in [0.2, 0.25) is 5.91 Å². The van der Waals surface area contributed by atoms with Crippen LogP contribution in [0, 0.1) is 6.92 Å². The second-order valence-corrected chi connectivity index (χ2v) is 6.23. The van der Waals surface area contributed by atoms with Crippen molar-refractivity contribution in [2.24, 2.45) is 7.05 Å². The summed E-state index contributed by atoms with van der Waals surface area (Å²) in [6, 6.07) is 6.77. The molecule has 0 aliphatic carbocycles. The molecule has 0 spiro atoms. The fourth-order valence-corrected chi connectivity index (χ4v) is 3.80. The second-order valence-electron chi connectivity index (χ2n) is 5.14. The highest BCUT2D eigenvalue weighted by atomic mass is 32.2. The van der Waals surface area contributed by atoms with Crippen molar-refractivity contribution in [1.82, 2.24) is 9.78 Å². The number of aromatic carboxylic acids is 1. The van der Waals surface area contributed by atoms with Crippen LogP contribution in [-0.2, 0) is 11.8 Å². The summed E-state index contributed by atoms with van der Waals surface area (Å²) >= 11 is 1.52. The summed E-state index contributed by atoms with van der Waals surface area (Å²) in [5, 5.41) is 16.2. The van der Waals surface area contributed by atoms with Crippen molar-refractivity contribution >= 4 is 29.5 Å². The van der Waals surface area contributed by atoms with Crippen LogP contribution in [0.2, 0.25) is 0 Å². The van der Waals surface area contributed by atoms with Gasteiger partial charge in [0.05, 0.1) is 22.3 Å². The zero-order valence-corrected chi connectivity index (χ0v) is 13.0. The summed E-state index contributed by atoms with van der Waals surface area (Å²) in [5.41, 5.74) is 3.05. The minimum absolute atomic E-state index is 0.0505. The Balaban J connectivity index is 2.07. The number of hydrogen-bond donors (Lipinski definition) is 2. The number of thioether (sulfide) groups is 1. The van der Waals surface area contributed by atoms with Crippen LogP contribution in [-0.4, -0.2) is 32.5 Å². The molecule has 1 atom stereocenters. The van der Waals surface area contributed by atoms with Crippen molar-refractivity contribution in [3.63, 3.8) is 0 Å². The maximum Gasteiger partial charge on any atom is 0.335 e. The predicted octanol–water partition coefficient (Wildman–Crippen LogP) is 2.20. The Morgan fingerprint density at radius 1 is 1.41 bits per heavy atom. The normalized spacial score (nSPS) is 17.5. The highest BCUT2D eigenvalue weighted by Gasteiger charge is 2.29. The Morgan fingerprint density at radius 3 is 2.73 bits per heavy atom. The molecular weight excluding hydrogens is 302 g/mol. The number of nitrogens with one attached hydrogen (secondary N) is 1. The van der Waals surface area contributed by atoms with Crippen molar-refractivity contribution in [3.8, 4) is 0 Å². The number of anilines is 1. The average molecular weight is 317 g/mol. The molecule has 3 rings (SSSR count). The van der Waals surface area contributed by atoms with Crippen LogP contribution in [0.4, 0.5) is 5.82 Å². The van der Waals surface area contributed by atoms with E-state index < -0.39 is 5.97 Å². The molecule has 2 heterocycles. The van der Waals surface area contributed by atoms with E-state index in [1.165, 1.54) is 11.8 Å². The molecule has 0 saturated heterocycles. The molecular formula is C15H15N3O3S. The van der Waals surface area contributed by atoms with Crippen LogP contribution in [0.25, 0.3) is 0 Å². The van der Waals surface area contributed by atoms with Crippen molar-refractivity contribution in [2.75, 3.05) is 11.1 Å². The lowest BCUT2D eigenvalue weighted by molar-refractivity contribution is -0.113. The Labute approximate surface area is 131 Å². The summed E-state index contributed by atoms with van der Waals surface area (Å²) in [4.78, 5) is 22.8. The van der Waals surface area contributed by atoms with Crippen LogP contribution in [0.3, 0.4) is 0 Å². The number of amides is 1. The van der Waals surface area contributed by atoms with Crippen LogP contribution in [0.5, 0.6) is 0 Å². The SMILES string of the molecule is Cc1nn(C)c2c1[C@@H](c1ccc(C(=O)O)cc1)SCC(=O)N2. The molecule has 1 aromatic carbocycles. The van der Waals surface area contributed by atoms with E-state index in [2.05, 4.69) is 10.4 Å². The summed E-state index contributed by atoms with van der Waals surface area (Å²) in [5.74, 6) is 0.0494. The molecule has 0 unspecified atom stereocenters. The average Bonchev–Trinajstić information content (AvgIpc) is 2.66. The van der Waals surface area contributed by atoms with Gasteiger partial charge in [0, 0.05) is 12.6 Å². The van der Waals surface area contributed by atoms with E-state index in [0.717, 1.165) is 16.8 Å². The number of hydrogen-bond acceptors (Lipinski definition) is 4. The first-order valence-corrected chi connectivity index (χ1v) is 7.80. The Hall–Kier alpha value is -2.28. The quantitative estimate of drug-likeness (QED) is 0.887. The van der Waals surface area contributed by atoms with Gasteiger partial charge in [-0.05, 0) is 24.6 Å². The standard InChI is InChI=1S/C15H15N3O3S/c1-8-12-13(9-3-5-10(6-4-9)15(20)21)22-7-11(19)16-14(12)18(2)17-8/h3-6,13H,7H2,1-2H3,(H,16,19)(H,20,21)/t13-/m1/s1. The van der Waals surface area contributed by atoms with Crippen molar-refractivity contribution in [2.45, 2.75) is 12.2 Å². The Bertz CT molecular complexity index is 752. The molecule has 1 aromatic heterocycles. The second kappa shape index (κ2) is 5.49. The highest BCUT2D eigenvalue weighted by Crippen LogP contribution is 2.42. The lowest BCUT2D eigenvalue weighted by atomic mass is 10.0. The number of carbonyl (C=O) groups is 2. The van der Waals surface area contributed by atoms with Gasteiger partial charge in [-0.25, -0.2) is 4.79 Å². The maximum atomic E-state index is 11.9. The molecule has 0 radical (unpaired) electrons. The molecule has 22 heavy (non-hydrogen) atoms. The van der Waals surface area contributed by atoms with E-state index >= 15 is 0 Å². The van der Waals surface area contributed by atoms with Gasteiger partial charge in [-0.2, -0.15) is 5.10 Å². The number of carbonyl (C=O) groups excluding carboxylic acids is 1. The smallest absolute Gasteiger partial charge is 0.335 e. The maximum absolute atomic E-state index is 11.9. The van der Waals surface area contributed by atoms with Crippen LogP contribution in [0.15, 0.2) is 24.3 Å². The van der Waals surface area contributed by atoms with Crippen molar-refractivity contribution < 1.29 is 14.7 Å². The predicted molar refractivity (Wildman–Crippen MR) is 84.3 cm³/mol. The summed E-state index contributed by atoms with van der Waals surface area (Å²) < 4.78 is 1.67. The van der Waals surface area contributed by atoms with Crippen LogP contribution in [0.1, 0.15) is 32.4 Å². The molecule has 114 valence electrons. The summed E-state index contributed by atoms with van der Waals surface area (Å²) in [6.45, 7) is 1.91. The number of aryl methyl sites for hydroxylation is 2. The minimum atomic E-state index is -0.949. The molecule has 2 aromatic rings. The molecule has 0 fully saturated rings. The lowest BCUT2D eigenvalue weighted by Crippen LogP contribution is -2.15. The van der Waals surface area contributed by atoms with Gasteiger partial charge in [-0.1, -0.05) is 12.1 Å². The number of nitrogens with zero attached hydrogens (tertiary/aromatic N) is 2. The molecule has 1 amide bonds. The van der Waals surface area contributed by atoms with E-state index in [-0.39, 0.29) is 16.7 Å². The van der Waals surface area contributed by atoms with Gasteiger partial charge < -0.3 is 10.4 Å². The Morgan fingerprint density at radius 2 is 2.09 bits per heavy atom. The number of benzene rings is 1. The van der Waals surface area contributed by atoms with Gasteiger partial charge in [0.15, 0.2) is 0 Å². The first-order chi connectivity index (χ1) is 10.5. The monoisotopic (exact) mass is 317 g/mol. The zero-order chi connectivity index (χ0) is 15.9. The molecule has 1 aliphatic rings. The third kappa shape index (κ3) is 2.48. The van der Waals surface area contributed by atoms with Crippen molar-refractivity contribution in [1.29, 1.82) is 0 Å². The van der Waals surface area contributed by atoms with Crippen LogP contribution < -0.4 is 5.32 Å². The topological polar surface area (TPSA) is 84.2 Å². The largest absolute Gasteiger partial charge is 0.478 e. The van der Waals surface area contributed by atoms with E-state index in [0.29, 0.717) is 11.6 Å². The fourth-order valence-electron chi connectivity index (χ4n) is 2.61. The molecule has 6 nitrogen and oxygen atoms in total. The highest BCUT2D eigenvalue weighted by molar-refractivity contribution is 8.00. The third-order valence-corrected chi connectivity index (χ3v) is 4.90. The molecule has 1 aliphatic heterocycles. The summed E-state index contributed by atoms with van der Waals surface area (Å²) in [6.07, 6.45) is 0. The van der Waals surface area contributed by atoms with E-state index in [9.17, 15) is 9.59 Å².